The first-order valence-electron chi connectivity index (χ1n) is 11.0. The summed E-state index contributed by atoms with van der Waals surface area (Å²) >= 11 is 0. The van der Waals surface area contributed by atoms with Gasteiger partial charge in [0.05, 0.1) is 33.4 Å². The number of carbonyl (C=O) groups excluding carboxylic acids is 1. The Morgan fingerprint density at radius 3 is 2.58 bits per heavy atom. The van der Waals surface area contributed by atoms with Crippen molar-refractivity contribution in [1.82, 2.24) is 15.5 Å². The number of nitrogens with one attached hydrogen (secondary N) is 2. The topological polar surface area (TPSA) is 88.7 Å². The van der Waals surface area contributed by atoms with E-state index in [2.05, 4.69) is 26.5 Å². The predicted octanol–water partition coefficient (Wildman–Crippen LogP) is 3.43. The molecule has 1 amide bonds. The quantitative estimate of drug-likeness (QED) is 0.547. The molecule has 0 spiro atoms. The highest BCUT2D eigenvalue weighted by Crippen LogP contribution is 2.28. The molecule has 1 aliphatic heterocycles. The van der Waals surface area contributed by atoms with Gasteiger partial charge in [0.15, 0.2) is 17.3 Å². The van der Waals surface area contributed by atoms with Gasteiger partial charge in [0.2, 0.25) is 5.91 Å². The van der Waals surface area contributed by atoms with E-state index in [0.717, 1.165) is 54.3 Å². The standard InChI is InChI=1S/C25H30N4O4/c1-31-20-9-7-18(8-10-20)21-15-24(28-27-21)29-12-4-5-19(16-29)26-25(30)14-17-6-11-22(32-2)23(13-17)33-3/h6-11,13,15,19H,4-5,12,14,16H2,1-3H3,(H,26,30)(H,27,28)/t19-/m0/s1. The number of aromatic amines is 1. The summed E-state index contributed by atoms with van der Waals surface area (Å²) in [5.74, 6) is 2.98. The van der Waals surface area contributed by atoms with E-state index in [-0.39, 0.29) is 11.9 Å². The van der Waals surface area contributed by atoms with Gasteiger partial charge >= 0.3 is 0 Å². The van der Waals surface area contributed by atoms with Crippen molar-refractivity contribution in [2.45, 2.75) is 25.3 Å². The maximum absolute atomic E-state index is 12.7. The van der Waals surface area contributed by atoms with Crippen molar-refractivity contribution >= 4 is 11.7 Å². The molecule has 1 fully saturated rings. The second-order valence-electron chi connectivity index (χ2n) is 8.09. The zero-order valence-electron chi connectivity index (χ0n) is 19.3. The summed E-state index contributed by atoms with van der Waals surface area (Å²) in [7, 11) is 4.84. The van der Waals surface area contributed by atoms with Crippen LogP contribution in [0.25, 0.3) is 11.3 Å². The summed E-state index contributed by atoms with van der Waals surface area (Å²) in [5, 5.41) is 10.8. The van der Waals surface area contributed by atoms with E-state index < -0.39 is 0 Å². The van der Waals surface area contributed by atoms with Crippen molar-refractivity contribution in [3.05, 3.63) is 54.1 Å². The summed E-state index contributed by atoms with van der Waals surface area (Å²) in [6, 6.07) is 15.5. The van der Waals surface area contributed by atoms with E-state index in [1.807, 2.05) is 42.5 Å². The molecule has 8 heteroatoms. The molecule has 2 heterocycles. The van der Waals surface area contributed by atoms with Gasteiger partial charge in [-0.3, -0.25) is 9.89 Å². The van der Waals surface area contributed by atoms with Crippen LogP contribution in [0, 0.1) is 0 Å². The Hall–Kier alpha value is -3.68. The van der Waals surface area contributed by atoms with Crippen LogP contribution in [0.5, 0.6) is 17.2 Å². The van der Waals surface area contributed by atoms with Gasteiger partial charge in [0.25, 0.3) is 0 Å². The highest BCUT2D eigenvalue weighted by Gasteiger charge is 2.23. The van der Waals surface area contributed by atoms with E-state index >= 15 is 0 Å². The fourth-order valence-corrected chi connectivity index (χ4v) is 4.15. The molecule has 1 aliphatic rings. The van der Waals surface area contributed by atoms with Crippen LogP contribution in [-0.2, 0) is 11.2 Å². The molecule has 0 unspecified atom stereocenters. The first kappa shape index (κ1) is 22.5. The van der Waals surface area contributed by atoms with Gasteiger partial charge in [0.1, 0.15) is 5.75 Å². The van der Waals surface area contributed by atoms with E-state index in [0.29, 0.717) is 17.9 Å². The van der Waals surface area contributed by atoms with Gasteiger partial charge in [-0.2, -0.15) is 5.10 Å². The fraction of sp³-hybridized carbons (Fsp3) is 0.360. The second kappa shape index (κ2) is 10.3. The lowest BCUT2D eigenvalue weighted by atomic mass is 10.0. The minimum atomic E-state index is -0.00461. The third-order valence-electron chi connectivity index (χ3n) is 5.89. The molecule has 2 N–H and O–H groups in total. The molecule has 0 saturated carbocycles. The van der Waals surface area contributed by atoms with Crippen LogP contribution in [0.3, 0.4) is 0 Å². The zero-order valence-corrected chi connectivity index (χ0v) is 19.3. The van der Waals surface area contributed by atoms with E-state index in [9.17, 15) is 4.79 Å². The number of amides is 1. The number of H-pyrrole nitrogens is 1. The molecule has 0 aliphatic carbocycles. The lowest BCUT2D eigenvalue weighted by Gasteiger charge is -2.33. The number of aromatic nitrogens is 2. The SMILES string of the molecule is COc1ccc(-c2cc(N3CCC[C@H](NC(=O)Cc4ccc(OC)c(OC)c4)C3)n[nH]2)cc1. The van der Waals surface area contributed by atoms with E-state index in [1.54, 1.807) is 21.3 Å². The summed E-state index contributed by atoms with van der Waals surface area (Å²) in [4.78, 5) is 14.9. The van der Waals surface area contributed by atoms with Crippen molar-refractivity contribution in [2.75, 3.05) is 39.3 Å². The van der Waals surface area contributed by atoms with Crippen molar-refractivity contribution < 1.29 is 19.0 Å². The van der Waals surface area contributed by atoms with E-state index in [1.165, 1.54) is 0 Å². The number of nitrogens with zero attached hydrogens (tertiary/aromatic N) is 2. The molecule has 2 aromatic carbocycles. The normalized spacial score (nSPS) is 15.7. The number of ether oxygens (including phenoxy) is 3. The third-order valence-corrected chi connectivity index (χ3v) is 5.89. The average molecular weight is 451 g/mol. The Morgan fingerprint density at radius 2 is 1.85 bits per heavy atom. The average Bonchev–Trinajstić information content (AvgIpc) is 3.34. The van der Waals surface area contributed by atoms with Crippen molar-refractivity contribution in [2.24, 2.45) is 0 Å². The molecule has 33 heavy (non-hydrogen) atoms. The van der Waals surface area contributed by atoms with Crippen molar-refractivity contribution in [3.8, 4) is 28.5 Å². The Balaban J connectivity index is 1.36. The number of benzene rings is 2. The lowest BCUT2D eigenvalue weighted by molar-refractivity contribution is -0.121. The molecule has 1 aromatic heterocycles. The molecule has 174 valence electrons. The number of anilines is 1. The van der Waals surface area contributed by atoms with Crippen LogP contribution in [-0.4, -0.2) is 56.6 Å². The third kappa shape index (κ3) is 5.39. The molecule has 4 rings (SSSR count). The number of methoxy groups -OCH3 is 3. The summed E-state index contributed by atoms with van der Waals surface area (Å²) < 4.78 is 15.8. The monoisotopic (exact) mass is 450 g/mol. The number of piperidine rings is 1. The molecule has 0 radical (unpaired) electrons. The largest absolute Gasteiger partial charge is 0.497 e. The zero-order chi connectivity index (χ0) is 23.2. The highest BCUT2D eigenvalue weighted by atomic mass is 16.5. The van der Waals surface area contributed by atoms with Crippen LogP contribution >= 0.6 is 0 Å². The molecule has 0 bridgehead atoms. The van der Waals surface area contributed by atoms with Gasteiger partial charge < -0.3 is 24.4 Å². The fourth-order valence-electron chi connectivity index (χ4n) is 4.15. The summed E-state index contributed by atoms with van der Waals surface area (Å²) in [6.07, 6.45) is 2.23. The molecular weight excluding hydrogens is 420 g/mol. The Bertz CT molecular complexity index is 1080. The number of hydrogen-bond donors (Lipinski definition) is 2. The van der Waals surface area contributed by atoms with E-state index in [4.69, 9.17) is 14.2 Å². The first-order chi connectivity index (χ1) is 16.1. The van der Waals surface area contributed by atoms with Crippen LogP contribution in [0.15, 0.2) is 48.5 Å². The first-order valence-corrected chi connectivity index (χ1v) is 11.0. The number of carbonyl (C=O) groups is 1. The molecule has 1 atom stereocenters. The molecule has 8 nitrogen and oxygen atoms in total. The molecule has 1 saturated heterocycles. The summed E-state index contributed by atoms with van der Waals surface area (Å²) in [6.45, 7) is 1.64. The summed E-state index contributed by atoms with van der Waals surface area (Å²) in [5.41, 5.74) is 2.88. The smallest absolute Gasteiger partial charge is 0.224 e. The van der Waals surface area contributed by atoms with Crippen molar-refractivity contribution in [3.63, 3.8) is 0 Å². The number of hydrogen-bond acceptors (Lipinski definition) is 6. The predicted molar refractivity (Wildman–Crippen MR) is 127 cm³/mol. The van der Waals surface area contributed by atoms with Gasteiger partial charge in [0, 0.05) is 25.2 Å². The number of rotatable bonds is 8. The van der Waals surface area contributed by atoms with Gasteiger partial charge in [-0.1, -0.05) is 6.07 Å². The van der Waals surface area contributed by atoms with Gasteiger partial charge in [-0.15, -0.1) is 0 Å². The van der Waals surface area contributed by atoms with Gasteiger partial charge in [-0.05, 0) is 60.4 Å². The Kier molecular flexibility index (Phi) is 7.02. The van der Waals surface area contributed by atoms with Crippen LogP contribution < -0.4 is 24.4 Å². The highest BCUT2D eigenvalue weighted by molar-refractivity contribution is 5.79. The van der Waals surface area contributed by atoms with Crippen LogP contribution in [0.4, 0.5) is 5.82 Å². The molecular formula is C25H30N4O4. The second-order valence-corrected chi connectivity index (χ2v) is 8.09. The molecule has 3 aromatic rings. The minimum Gasteiger partial charge on any atom is -0.497 e. The maximum atomic E-state index is 12.7. The Labute approximate surface area is 193 Å². The lowest BCUT2D eigenvalue weighted by Crippen LogP contribution is -2.48. The van der Waals surface area contributed by atoms with Crippen LogP contribution in [0.2, 0.25) is 0 Å². The Morgan fingerprint density at radius 1 is 1.06 bits per heavy atom. The minimum absolute atomic E-state index is 0.00461. The van der Waals surface area contributed by atoms with Crippen molar-refractivity contribution in [1.29, 1.82) is 0 Å². The van der Waals surface area contributed by atoms with Gasteiger partial charge in [-0.25, -0.2) is 0 Å². The maximum Gasteiger partial charge on any atom is 0.224 e. The van der Waals surface area contributed by atoms with Crippen LogP contribution in [0.1, 0.15) is 18.4 Å².